The normalized spacial score (nSPS) is 11.8. The van der Waals surface area contributed by atoms with Crippen molar-refractivity contribution in [1.82, 2.24) is 4.57 Å². The lowest BCUT2D eigenvalue weighted by atomic mass is 9.87. The van der Waals surface area contributed by atoms with Gasteiger partial charge in [-0.2, -0.15) is 5.26 Å². The van der Waals surface area contributed by atoms with Crippen LogP contribution in [-0.4, -0.2) is 4.57 Å². The maximum absolute atomic E-state index is 10.1. The molecule has 0 radical (unpaired) electrons. The van der Waals surface area contributed by atoms with E-state index in [1.807, 2.05) is 6.07 Å². The van der Waals surface area contributed by atoms with Crippen LogP contribution in [0.1, 0.15) is 5.56 Å². The maximum atomic E-state index is 10.1. The lowest BCUT2D eigenvalue weighted by Gasteiger charge is -2.16. The van der Waals surface area contributed by atoms with E-state index in [2.05, 4.69) is 187 Å². The fraction of sp³-hybridized carbons (Fsp3) is 0. The number of benzene rings is 10. The van der Waals surface area contributed by atoms with Gasteiger partial charge in [0.05, 0.1) is 28.4 Å². The molecule has 53 heavy (non-hydrogen) atoms. The molecule has 11 rings (SSSR count). The Bertz CT molecular complexity index is 3280. The second-order valence-electron chi connectivity index (χ2n) is 14.0. The summed E-state index contributed by atoms with van der Waals surface area (Å²) in [5.41, 5.74) is 11.2. The summed E-state index contributed by atoms with van der Waals surface area (Å²) < 4.78 is 2.38. The average molecular weight is 671 g/mol. The first-order valence-corrected chi connectivity index (χ1v) is 18.1. The van der Waals surface area contributed by atoms with Crippen molar-refractivity contribution in [3.05, 3.63) is 188 Å². The number of hydrogen-bond acceptors (Lipinski definition) is 1. The summed E-state index contributed by atoms with van der Waals surface area (Å²) in [7, 11) is 0. The Labute approximate surface area is 306 Å². The average Bonchev–Trinajstić information content (AvgIpc) is 3.56. The molecule has 244 valence electrons. The first-order chi connectivity index (χ1) is 26.2. The first kappa shape index (κ1) is 29.5. The number of fused-ring (bicyclic) bond motifs is 3. The zero-order valence-corrected chi connectivity index (χ0v) is 28.7. The highest BCUT2D eigenvalue weighted by molar-refractivity contribution is 6.26. The Morgan fingerprint density at radius 2 is 0.868 bits per heavy atom. The van der Waals surface area contributed by atoms with E-state index in [0.717, 1.165) is 27.7 Å². The largest absolute Gasteiger partial charge is 0.309 e. The Morgan fingerprint density at radius 1 is 0.358 bits per heavy atom. The molecule has 0 N–H and O–H groups in total. The van der Waals surface area contributed by atoms with Gasteiger partial charge in [0.1, 0.15) is 0 Å². The van der Waals surface area contributed by atoms with Crippen LogP contribution >= 0.6 is 0 Å². The van der Waals surface area contributed by atoms with Crippen LogP contribution in [-0.2, 0) is 0 Å². The van der Waals surface area contributed by atoms with Crippen LogP contribution in [0.5, 0.6) is 0 Å². The van der Waals surface area contributed by atoms with Gasteiger partial charge < -0.3 is 4.57 Å². The van der Waals surface area contributed by atoms with E-state index in [0.29, 0.717) is 5.56 Å². The van der Waals surface area contributed by atoms with Crippen molar-refractivity contribution in [2.45, 2.75) is 0 Å². The molecular formula is C51H30N2. The topological polar surface area (TPSA) is 28.7 Å². The zero-order chi connectivity index (χ0) is 35.0. The third-order valence-electron chi connectivity index (χ3n) is 11.1. The van der Waals surface area contributed by atoms with Crippen molar-refractivity contribution in [2.24, 2.45) is 0 Å². The van der Waals surface area contributed by atoms with Gasteiger partial charge in [0, 0.05) is 16.2 Å². The molecule has 0 aliphatic heterocycles. The third kappa shape index (κ3) is 4.38. The van der Waals surface area contributed by atoms with Gasteiger partial charge in [-0.05, 0) is 101 Å². The smallest absolute Gasteiger partial charge is 0.0992 e. The Balaban J connectivity index is 1.18. The molecule has 0 amide bonds. The fourth-order valence-corrected chi connectivity index (χ4v) is 8.84. The molecule has 2 heteroatoms. The van der Waals surface area contributed by atoms with Gasteiger partial charge in [0.15, 0.2) is 0 Å². The fourth-order valence-electron chi connectivity index (χ4n) is 8.84. The maximum Gasteiger partial charge on any atom is 0.0992 e. The van der Waals surface area contributed by atoms with Gasteiger partial charge in [0.2, 0.25) is 0 Å². The summed E-state index contributed by atoms with van der Waals surface area (Å²) >= 11 is 0. The molecule has 1 aromatic heterocycles. The monoisotopic (exact) mass is 670 g/mol. The van der Waals surface area contributed by atoms with Crippen LogP contribution < -0.4 is 0 Å². The Kier molecular flexibility index (Phi) is 6.35. The SMILES string of the molecule is N#Cc1cc2ccc3cc(-c4ccc(-c5ccc(-c6ccccc6)c6ccccc56)c5ccccc45)cc4c3c2c(c1)n4-c1cccc2ccccc12. The molecule has 0 unspecified atom stereocenters. The quantitative estimate of drug-likeness (QED) is 0.171. The third-order valence-corrected chi connectivity index (χ3v) is 11.1. The highest BCUT2D eigenvalue weighted by Gasteiger charge is 2.21. The minimum Gasteiger partial charge on any atom is -0.309 e. The van der Waals surface area contributed by atoms with Crippen LogP contribution in [0.25, 0.3) is 104 Å². The summed E-state index contributed by atoms with van der Waals surface area (Å²) in [6.45, 7) is 0. The van der Waals surface area contributed by atoms with E-state index < -0.39 is 0 Å². The van der Waals surface area contributed by atoms with Gasteiger partial charge in [-0.15, -0.1) is 0 Å². The standard InChI is InChI=1S/C51H30N2/c52-31-32-27-35-21-22-36-29-37(30-49-51(36)50(35)48(28-32)53(49)47-20-10-14-34-13-4-5-15-40(34)47)39-24-26-46(44-19-9-7-17-42(39)44)45-25-23-38(33-11-2-1-3-12-33)41-16-6-8-18-43(41)45/h1-30H. The van der Waals surface area contributed by atoms with E-state index in [1.54, 1.807) is 0 Å². The van der Waals surface area contributed by atoms with Crippen molar-refractivity contribution >= 4 is 64.9 Å². The summed E-state index contributed by atoms with van der Waals surface area (Å²) in [6, 6.07) is 68.1. The number of hydrogen-bond donors (Lipinski definition) is 0. The van der Waals surface area contributed by atoms with Crippen molar-refractivity contribution in [3.8, 4) is 45.1 Å². The van der Waals surface area contributed by atoms with Crippen LogP contribution in [0.2, 0.25) is 0 Å². The Morgan fingerprint density at radius 3 is 1.53 bits per heavy atom. The molecule has 1 heterocycles. The van der Waals surface area contributed by atoms with Gasteiger partial charge in [-0.1, -0.05) is 152 Å². The molecule has 0 atom stereocenters. The van der Waals surface area contributed by atoms with Crippen molar-refractivity contribution in [1.29, 1.82) is 5.26 Å². The van der Waals surface area contributed by atoms with E-state index in [4.69, 9.17) is 0 Å². The summed E-state index contributed by atoms with van der Waals surface area (Å²) in [6.07, 6.45) is 0. The van der Waals surface area contributed by atoms with Crippen molar-refractivity contribution in [2.75, 3.05) is 0 Å². The van der Waals surface area contributed by atoms with Gasteiger partial charge >= 0.3 is 0 Å². The molecule has 0 bridgehead atoms. The van der Waals surface area contributed by atoms with Crippen molar-refractivity contribution < 1.29 is 0 Å². The molecule has 2 nitrogen and oxygen atoms in total. The Hall–Kier alpha value is -7.21. The van der Waals surface area contributed by atoms with Crippen molar-refractivity contribution in [3.63, 3.8) is 0 Å². The first-order valence-electron chi connectivity index (χ1n) is 18.1. The summed E-state index contributed by atoms with van der Waals surface area (Å²) in [5, 5.41) is 22.1. The van der Waals surface area contributed by atoms with Crippen LogP contribution in [0.15, 0.2) is 182 Å². The van der Waals surface area contributed by atoms with Gasteiger partial charge in [-0.25, -0.2) is 0 Å². The minimum absolute atomic E-state index is 0.663. The lowest BCUT2D eigenvalue weighted by molar-refractivity contribution is 1.20. The van der Waals surface area contributed by atoms with Gasteiger partial charge in [0.25, 0.3) is 0 Å². The lowest BCUT2D eigenvalue weighted by Crippen LogP contribution is -1.96. The van der Waals surface area contributed by atoms with E-state index in [-0.39, 0.29) is 0 Å². The second-order valence-corrected chi connectivity index (χ2v) is 14.0. The molecule has 10 aromatic carbocycles. The van der Waals surface area contributed by atoms with E-state index in [1.165, 1.54) is 76.3 Å². The number of rotatable bonds is 4. The van der Waals surface area contributed by atoms with Crippen LogP contribution in [0, 0.1) is 11.3 Å². The number of aromatic nitrogens is 1. The second kappa shape index (κ2) is 11.4. The van der Waals surface area contributed by atoms with Gasteiger partial charge in [-0.3, -0.25) is 0 Å². The molecule has 11 aromatic rings. The number of nitriles is 1. The predicted octanol–water partition coefficient (Wildman–Crippen LogP) is 13.7. The molecular weight excluding hydrogens is 641 g/mol. The molecule has 0 aliphatic carbocycles. The van der Waals surface area contributed by atoms with Crippen LogP contribution in [0.4, 0.5) is 0 Å². The zero-order valence-electron chi connectivity index (χ0n) is 28.7. The molecule has 0 saturated carbocycles. The highest BCUT2D eigenvalue weighted by Crippen LogP contribution is 2.45. The molecule has 0 fully saturated rings. The molecule has 0 saturated heterocycles. The van der Waals surface area contributed by atoms with E-state index >= 15 is 0 Å². The van der Waals surface area contributed by atoms with E-state index in [9.17, 15) is 5.26 Å². The highest BCUT2D eigenvalue weighted by atomic mass is 15.0. The summed E-state index contributed by atoms with van der Waals surface area (Å²) in [5.74, 6) is 0. The van der Waals surface area contributed by atoms with Crippen LogP contribution in [0.3, 0.4) is 0 Å². The molecule has 0 spiro atoms. The minimum atomic E-state index is 0.663. The molecule has 0 aliphatic rings. The number of nitrogens with zero attached hydrogens (tertiary/aromatic N) is 2. The predicted molar refractivity (Wildman–Crippen MR) is 223 cm³/mol. The summed E-state index contributed by atoms with van der Waals surface area (Å²) in [4.78, 5) is 0.